The normalized spacial score (nSPS) is 27.4. The summed E-state index contributed by atoms with van der Waals surface area (Å²) in [5, 5.41) is 6.21. The lowest BCUT2D eigenvalue weighted by atomic mass is 9.93. The predicted molar refractivity (Wildman–Crippen MR) is 40.0 cm³/mol. The van der Waals surface area contributed by atoms with E-state index in [0.29, 0.717) is 0 Å². The third-order valence-electron chi connectivity index (χ3n) is 1.65. The molecule has 1 fully saturated rings. The summed E-state index contributed by atoms with van der Waals surface area (Å²) in [7, 11) is 5.11. The molecule has 1 saturated heterocycles. The summed E-state index contributed by atoms with van der Waals surface area (Å²) in [5.74, 6) is 0. The summed E-state index contributed by atoms with van der Waals surface area (Å²) in [6.45, 7) is 2.62. The molecule has 4 heteroatoms. The van der Waals surface area contributed by atoms with Gasteiger partial charge in [0.05, 0.1) is 11.7 Å². The molecule has 0 amide bonds. The fourth-order valence-electron chi connectivity index (χ4n) is 1.05. The van der Waals surface area contributed by atoms with Crippen molar-refractivity contribution in [2.24, 2.45) is 0 Å². The Kier molecular flexibility index (Phi) is 2.90. The van der Waals surface area contributed by atoms with Gasteiger partial charge in [0.1, 0.15) is 0 Å². The Morgan fingerprint density at radius 1 is 1.40 bits per heavy atom. The predicted octanol–water partition coefficient (Wildman–Crippen LogP) is -1.37. The van der Waals surface area contributed by atoms with Gasteiger partial charge in [0.25, 0.3) is 0 Å². The largest absolute Gasteiger partial charge is 0.315 e. The number of carbonyl (C=O) groups excluding carboxylic acids is 1. The van der Waals surface area contributed by atoms with Crippen LogP contribution in [0.25, 0.3) is 0 Å². The van der Waals surface area contributed by atoms with Crippen LogP contribution in [-0.4, -0.2) is 39.2 Å². The highest BCUT2D eigenvalue weighted by Gasteiger charge is 2.13. The van der Waals surface area contributed by atoms with Gasteiger partial charge in [-0.2, -0.15) is 0 Å². The maximum atomic E-state index is 10.6. The first-order chi connectivity index (χ1) is 4.80. The highest BCUT2D eigenvalue weighted by atomic mass is 16.1. The van der Waals surface area contributed by atoms with Crippen molar-refractivity contribution >= 4 is 13.5 Å². The lowest BCUT2D eigenvalue weighted by Crippen LogP contribution is -2.37. The van der Waals surface area contributed by atoms with E-state index < -0.39 is 0 Å². The summed E-state index contributed by atoms with van der Waals surface area (Å²) in [6, 6.07) is -0.130. The van der Waals surface area contributed by atoms with Crippen LogP contribution < -0.4 is 10.6 Å². The van der Waals surface area contributed by atoms with Crippen molar-refractivity contribution in [2.45, 2.75) is 12.5 Å². The average Bonchev–Trinajstić information content (AvgIpc) is 2.12. The highest BCUT2D eigenvalue weighted by molar-refractivity contribution is 6.59. The van der Waals surface area contributed by atoms with E-state index >= 15 is 0 Å². The highest BCUT2D eigenvalue weighted by Crippen LogP contribution is 1.92. The Labute approximate surface area is 62.0 Å². The van der Waals surface area contributed by atoms with E-state index in [1.165, 1.54) is 0 Å². The molecule has 0 aliphatic carbocycles. The topological polar surface area (TPSA) is 41.1 Å². The van der Waals surface area contributed by atoms with E-state index in [-0.39, 0.29) is 11.7 Å². The van der Waals surface area contributed by atoms with Gasteiger partial charge in [0.2, 0.25) is 0 Å². The summed E-state index contributed by atoms with van der Waals surface area (Å²) in [4.78, 5) is 10.6. The second-order valence-corrected chi connectivity index (χ2v) is 2.45. The van der Waals surface area contributed by atoms with E-state index in [9.17, 15) is 4.79 Å². The molecule has 1 atom stereocenters. The van der Waals surface area contributed by atoms with Crippen LogP contribution in [0.2, 0.25) is 0 Å². The molecule has 0 aromatic rings. The van der Waals surface area contributed by atoms with Gasteiger partial charge in [-0.3, -0.25) is 0 Å². The first-order valence-electron chi connectivity index (χ1n) is 3.54. The molecule has 1 heterocycles. The van der Waals surface area contributed by atoms with Crippen LogP contribution in [-0.2, 0) is 4.79 Å². The molecule has 1 rings (SSSR count). The van der Waals surface area contributed by atoms with E-state index in [2.05, 4.69) is 10.6 Å². The van der Waals surface area contributed by atoms with Gasteiger partial charge < -0.3 is 15.4 Å². The van der Waals surface area contributed by atoms with Gasteiger partial charge in [0.15, 0.2) is 7.85 Å². The van der Waals surface area contributed by atoms with Crippen molar-refractivity contribution in [3.05, 3.63) is 0 Å². The molecule has 1 aliphatic heterocycles. The second kappa shape index (κ2) is 3.73. The zero-order chi connectivity index (χ0) is 7.40. The number of rotatable bonds is 1. The minimum atomic E-state index is -0.247. The zero-order valence-corrected chi connectivity index (χ0v) is 5.89. The van der Waals surface area contributed by atoms with Gasteiger partial charge in [-0.15, -0.1) is 0 Å². The maximum Gasteiger partial charge on any atom is 0.170 e. The minimum Gasteiger partial charge on any atom is -0.315 e. The van der Waals surface area contributed by atoms with Crippen LogP contribution in [0.5, 0.6) is 0 Å². The quantitative estimate of drug-likeness (QED) is 0.439. The van der Waals surface area contributed by atoms with Crippen LogP contribution in [0, 0.1) is 0 Å². The minimum absolute atomic E-state index is 0.130. The summed E-state index contributed by atoms with van der Waals surface area (Å²) in [6.07, 6.45) is 0.801. The lowest BCUT2D eigenvalue weighted by Gasteiger charge is -2.10. The summed E-state index contributed by atoms with van der Waals surface area (Å²) in [5.41, 5.74) is -0.247. The SMILES string of the molecule is [B]C(=O)C1CCNCCN1. The van der Waals surface area contributed by atoms with Crippen LogP contribution in [0.3, 0.4) is 0 Å². The van der Waals surface area contributed by atoms with Crippen molar-refractivity contribution in [3.8, 4) is 0 Å². The summed E-state index contributed by atoms with van der Waals surface area (Å²) >= 11 is 0. The van der Waals surface area contributed by atoms with Gasteiger partial charge in [0, 0.05) is 13.1 Å². The lowest BCUT2D eigenvalue weighted by molar-refractivity contribution is -0.113. The molecule has 0 bridgehead atoms. The Morgan fingerprint density at radius 3 is 2.90 bits per heavy atom. The fourth-order valence-corrected chi connectivity index (χ4v) is 1.05. The van der Waals surface area contributed by atoms with Gasteiger partial charge in [-0.05, 0) is 13.0 Å². The second-order valence-electron chi connectivity index (χ2n) is 2.45. The molecular formula is C6H11BN2O. The molecule has 0 aromatic heterocycles. The molecule has 2 N–H and O–H groups in total. The summed E-state index contributed by atoms with van der Waals surface area (Å²) < 4.78 is 0. The van der Waals surface area contributed by atoms with Gasteiger partial charge >= 0.3 is 0 Å². The molecule has 1 unspecified atom stereocenters. The van der Waals surface area contributed by atoms with E-state index in [4.69, 9.17) is 7.85 Å². The third kappa shape index (κ3) is 2.12. The first kappa shape index (κ1) is 7.76. The number of hydrogen-bond acceptors (Lipinski definition) is 3. The average molecular weight is 138 g/mol. The van der Waals surface area contributed by atoms with Crippen LogP contribution in [0.15, 0.2) is 0 Å². The Balaban J connectivity index is 2.35. The number of carbonyl (C=O) groups is 1. The molecule has 10 heavy (non-hydrogen) atoms. The van der Waals surface area contributed by atoms with E-state index in [1.807, 2.05) is 0 Å². The number of nitrogens with one attached hydrogen (secondary N) is 2. The third-order valence-corrected chi connectivity index (χ3v) is 1.65. The first-order valence-corrected chi connectivity index (χ1v) is 3.54. The van der Waals surface area contributed by atoms with Crippen molar-refractivity contribution in [1.82, 2.24) is 10.6 Å². The Morgan fingerprint density at radius 2 is 2.20 bits per heavy atom. The molecule has 1 aliphatic rings. The van der Waals surface area contributed by atoms with E-state index in [1.54, 1.807) is 0 Å². The van der Waals surface area contributed by atoms with Crippen LogP contribution >= 0.6 is 0 Å². The fraction of sp³-hybridized carbons (Fsp3) is 0.833. The zero-order valence-electron chi connectivity index (χ0n) is 5.89. The molecule has 54 valence electrons. The van der Waals surface area contributed by atoms with Crippen molar-refractivity contribution in [2.75, 3.05) is 19.6 Å². The molecule has 0 spiro atoms. The van der Waals surface area contributed by atoms with Crippen molar-refractivity contribution in [1.29, 1.82) is 0 Å². The van der Waals surface area contributed by atoms with Crippen molar-refractivity contribution < 1.29 is 4.79 Å². The van der Waals surface area contributed by atoms with Crippen LogP contribution in [0.1, 0.15) is 6.42 Å². The monoisotopic (exact) mass is 138 g/mol. The van der Waals surface area contributed by atoms with Crippen LogP contribution in [0.4, 0.5) is 0 Å². The standard InChI is InChI=1S/C6H11BN2O/c7-6(10)5-1-2-8-3-4-9-5/h5,8-9H,1-4H2. The van der Waals surface area contributed by atoms with Gasteiger partial charge in [-0.25, -0.2) is 0 Å². The molecule has 3 nitrogen and oxygen atoms in total. The smallest absolute Gasteiger partial charge is 0.170 e. The molecule has 2 radical (unpaired) electrons. The van der Waals surface area contributed by atoms with Gasteiger partial charge in [-0.1, -0.05) is 0 Å². The molecule has 0 saturated carbocycles. The number of hydrogen-bond donors (Lipinski definition) is 2. The maximum absolute atomic E-state index is 10.6. The van der Waals surface area contributed by atoms with E-state index in [0.717, 1.165) is 26.1 Å². The van der Waals surface area contributed by atoms with Crippen molar-refractivity contribution in [3.63, 3.8) is 0 Å². The Bertz CT molecular complexity index is 121. The molecular weight excluding hydrogens is 127 g/mol. The Hall–Kier alpha value is -0.345. The molecule has 0 aromatic carbocycles.